The van der Waals surface area contributed by atoms with Gasteiger partial charge in [0.05, 0.1) is 0 Å². The molecular weight excluding hydrogens is 212 g/mol. The molecule has 0 unspecified atom stereocenters. The van der Waals surface area contributed by atoms with Crippen LogP contribution < -0.4 is 10.6 Å². The zero-order valence-electron chi connectivity index (χ0n) is 10.8. The number of anilines is 2. The number of hydrogen-bond acceptors (Lipinski definition) is 2. The molecule has 1 amide bonds. The third-order valence-corrected chi connectivity index (χ3v) is 3.77. The van der Waals surface area contributed by atoms with Gasteiger partial charge in [-0.3, -0.25) is 4.79 Å². The summed E-state index contributed by atoms with van der Waals surface area (Å²) in [5.74, 6) is 0.198. The van der Waals surface area contributed by atoms with Crippen molar-refractivity contribution in [1.82, 2.24) is 0 Å². The Morgan fingerprint density at radius 3 is 2.82 bits per heavy atom. The number of hydrogen-bond donors (Lipinski definition) is 1. The van der Waals surface area contributed by atoms with Crippen LogP contribution in [0, 0.1) is 5.41 Å². The summed E-state index contributed by atoms with van der Waals surface area (Å²) in [6.07, 6.45) is 1.72. The quantitative estimate of drug-likeness (QED) is 0.797. The molecule has 0 fully saturated rings. The Morgan fingerprint density at radius 2 is 2.18 bits per heavy atom. The van der Waals surface area contributed by atoms with Gasteiger partial charge < -0.3 is 10.6 Å². The summed E-state index contributed by atoms with van der Waals surface area (Å²) in [6.45, 7) is 6.80. The maximum Gasteiger partial charge on any atom is 0.232 e. The van der Waals surface area contributed by atoms with Gasteiger partial charge in [-0.1, -0.05) is 26.8 Å². The van der Waals surface area contributed by atoms with E-state index in [4.69, 9.17) is 5.73 Å². The second-order valence-corrected chi connectivity index (χ2v) is 5.29. The van der Waals surface area contributed by atoms with Crippen molar-refractivity contribution in [2.45, 2.75) is 33.6 Å². The molecule has 17 heavy (non-hydrogen) atoms. The molecule has 92 valence electrons. The Morgan fingerprint density at radius 1 is 1.47 bits per heavy atom. The van der Waals surface area contributed by atoms with Gasteiger partial charge in [0.1, 0.15) is 0 Å². The van der Waals surface area contributed by atoms with Crippen LogP contribution in [-0.4, -0.2) is 12.5 Å². The van der Waals surface area contributed by atoms with Crippen LogP contribution in [-0.2, 0) is 11.2 Å². The molecule has 1 aliphatic heterocycles. The highest BCUT2D eigenvalue weighted by molar-refractivity contribution is 5.99. The zero-order valence-corrected chi connectivity index (χ0v) is 10.8. The van der Waals surface area contributed by atoms with E-state index in [1.165, 1.54) is 0 Å². The highest BCUT2D eigenvalue weighted by Crippen LogP contribution is 2.35. The van der Waals surface area contributed by atoms with Crippen LogP contribution in [0.2, 0.25) is 0 Å². The smallest absolute Gasteiger partial charge is 0.232 e. The summed E-state index contributed by atoms with van der Waals surface area (Å²) in [6, 6.07) is 5.80. The van der Waals surface area contributed by atoms with E-state index < -0.39 is 0 Å². The molecule has 2 N–H and O–H groups in total. The van der Waals surface area contributed by atoms with Crippen molar-refractivity contribution >= 4 is 17.3 Å². The Kier molecular flexibility index (Phi) is 2.86. The maximum atomic E-state index is 12.5. The fraction of sp³-hybridized carbons (Fsp3) is 0.500. The fourth-order valence-corrected chi connectivity index (χ4v) is 2.19. The summed E-state index contributed by atoms with van der Waals surface area (Å²) < 4.78 is 0. The minimum atomic E-state index is -0.299. The van der Waals surface area contributed by atoms with Gasteiger partial charge in [0.15, 0.2) is 0 Å². The van der Waals surface area contributed by atoms with Crippen LogP contribution in [0.1, 0.15) is 32.8 Å². The number of nitrogens with two attached hydrogens (primary N) is 1. The molecule has 0 aliphatic carbocycles. The molecule has 2 rings (SSSR count). The van der Waals surface area contributed by atoms with E-state index in [1.54, 1.807) is 0 Å². The van der Waals surface area contributed by atoms with Crippen LogP contribution in [0.5, 0.6) is 0 Å². The maximum absolute atomic E-state index is 12.5. The van der Waals surface area contributed by atoms with Crippen molar-refractivity contribution in [1.29, 1.82) is 0 Å². The molecule has 0 saturated heterocycles. The van der Waals surface area contributed by atoms with Gasteiger partial charge >= 0.3 is 0 Å². The second kappa shape index (κ2) is 4.06. The lowest BCUT2D eigenvalue weighted by molar-refractivity contribution is -0.126. The van der Waals surface area contributed by atoms with Crippen LogP contribution in [0.4, 0.5) is 11.4 Å². The summed E-state index contributed by atoms with van der Waals surface area (Å²) in [5.41, 5.74) is 8.55. The molecule has 1 aromatic rings. The van der Waals surface area contributed by atoms with E-state index in [0.717, 1.165) is 36.3 Å². The SMILES string of the molecule is CCC(C)(C)C(=O)N1CCc2c(N)cccc21. The lowest BCUT2D eigenvalue weighted by atomic mass is 9.88. The molecule has 0 saturated carbocycles. The number of rotatable bonds is 2. The third-order valence-electron chi connectivity index (χ3n) is 3.77. The summed E-state index contributed by atoms with van der Waals surface area (Å²) in [5, 5.41) is 0. The number of fused-ring (bicyclic) bond motifs is 1. The molecule has 0 aromatic heterocycles. The van der Waals surface area contributed by atoms with Crippen molar-refractivity contribution < 1.29 is 4.79 Å². The van der Waals surface area contributed by atoms with E-state index in [9.17, 15) is 4.79 Å². The van der Waals surface area contributed by atoms with Gasteiger partial charge in [-0.2, -0.15) is 0 Å². The van der Waals surface area contributed by atoms with Gasteiger partial charge in [0.25, 0.3) is 0 Å². The van der Waals surface area contributed by atoms with Crippen LogP contribution in [0.25, 0.3) is 0 Å². The minimum Gasteiger partial charge on any atom is -0.398 e. The largest absolute Gasteiger partial charge is 0.398 e. The van der Waals surface area contributed by atoms with E-state index in [0.29, 0.717) is 0 Å². The number of benzene rings is 1. The van der Waals surface area contributed by atoms with Crippen molar-refractivity contribution in [3.05, 3.63) is 23.8 Å². The Balaban J connectivity index is 2.35. The lowest BCUT2D eigenvalue weighted by Gasteiger charge is -2.28. The molecule has 0 spiro atoms. The molecule has 0 radical (unpaired) electrons. The van der Waals surface area contributed by atoms with Gasteiger partial charge in [-0.25, -0.2) is 0 Å². The topological polar surface area (TPSA) is 46.3 Å². The Hall–Kier alpha value is -1.51. The van der Waals surface area contributed by atoms with E-state index in [-0.39, 0.29) is 11.3 Å². The number of nitrogen functional groups attached to an aromatic ring is 1. The Labute approximate surface area is 103 Å². The van der Waals surface area contributed by atoms with Gasteiger partial charge in [-0.15, -0.1) is 0 Å². The van der Waals surface area contributed by atoms with Crippen LogP contribution >= 0.6 is 0 Å². The summed E-state index contributed by atoms with van der Waals surface area (Å²) in [7, 11) is 0. The first kappa shape index (κ1) is 12.0. The monoisotopic (exact) mass is 232 g/mol. The van der Waals surface area contributed by atoms with Gasteiger partial charge in [0, 0.05) is 28.9 Å². The summed E-state index contributed by atoms with van der Waals surface area (Å²) in [4.78, 5) is 14.3. The van der Waals surface area contributed by atoms with E-state index in [1.807, 2.05) is 43.9 Å². The van der Waals surface area contributed by atoms with Crippen LogP contribution in [0.15, 0.2) is 18.2 Å². The lowest BCUT2D eigenvalue weighted by Crippen LogP contribution is -2.39. The molecule has 1 aromatic carbocycles. The second-order valence-electron chi connectivity index (χ2n) is 5.29. The predicted octanol–water partition coefficient (Wildman–Crippen LogP) is 2.59. The fourth-order valence-electron chi connectivity index (χ4n) is 2.19. The summed E-state index contributed by atoms with van der Waals surface area (Å²) >= 11 is 0. The number of carbonyl (C=O) groups excluding carboxylic acids is 1. The van der Waals surface area contributed by atoms with E-state index in [2.05, 4.69) is 0 Å². The number of nitrogens with zero attached hydrogens (tertiary/aromatic N) is 1. The standard InChI is InChI=1S/C14H20N2O/c1-4-14(2,3)13(17)16-9-8-10-11(15)6-5-7-12(10)16/h5-7H,4,8-9,15H2,1-3H3. The first-order valence-electron chi connectivity index (χ1n) is 6.16. The molecule has 1 aliphatic rings. The molecule has 1 heterocycles. The van der Waals surface area contributed by atoms with Gasteiger partial charge in [-0.05, 0) is 25.0 Å². The molecule has 0 bridgehead atoms. The van der Waals surface area contributed by atoms with Gasteiger partial charge in [0.2, 0.25) is 5.91 Å². The van der Waals surface area contributed by atoms with Crippen molar-refractivity contribution in [3.8, 4) is 0 Å². The molecule has 3 heteroatoms. The average Bonchev–Trinajstić information content (AvgIpc) is 2.73. The van der Waals surface area contributed by atoms with Crippen LogP contribution in [0.3, 0.4) is 0 Å². The number of carbonyl (C=O) groups is 1. The normalized spacial score (nSPS) is 14.9. The predicted molar refractivity (Wildman–Crippen MR) is 71.0 cm³/mol. The Bertz CT molecular complexity index is 452. The van der Waals surface area contributed by atoms with Crippen molar-refractivity contribution in [2.75, 3.05) is 17.2 Å². The highest BCUT2D eigenvalue weighted by atomic mass is 16.2. The first-order chi connectivity index (χ1) is 7.97. The third kappa shape index (κ3) is 1.90. The zero-order chi connectivity index (χ0) is 12.6. The molecule has 0 atom stereocenters. The molecule has 3 nitrogen and oxygen atoms in total. The number of amides is 1. The minimum absolute atomic E-state index is 0.198. The van der Waals surface area contributed by atoms with E-state index >= 15 is 0 Å². The highest BCUT2D eigenvalue weighted by Gasteiger charge is 2.34. The average molecular weight is 232 g/mol. The van der Waals surface area contributed by atoms with Crippen molar-refractivity contribution in [2.24, 2.45) is 5.41 Å². The first-order valence-corrected chi connectivity index (χ1v) is 6.16. The van der Waals surface area contributed by atoms with Crippen molar-refractivity contribution in [3.63, 3.8) is 0 Å². The molecular formula is C14H20N2O.